The van der Waals surface area contributed by atoms with E-state index < -0.39 is 0 Å². The molecule has 1 amide bonds. The number of amides is 1. The highest BCUT2D eigenvalue weighted by Gasteiger charge is 2.28. The van der Waals surface area contributed by atoms with Gasteiger partial charge in [0.05, 0.1) is 28.9 Å². The highest BCUT2D eigenvalue weighted by atomic mass is 35.5. The van der Waals surface area contributed by atoms with Crippen LogP contribution >= 0.6 is 11.6 Å². The number of hydrogen-bond acceptors (Lipinski definition) is 3. The Morgan fingerprint density at radius 3 is 2.86 bits per heavy atom. The van der Waals surface area contributed by atoms with E-state index in [1.165, 1.54) is 0 Å². The first kappa shape index (κ1) is 13.8. The summed E-state index contributed by atoms with van der Waals surface area (Å²) in [6.45, 7) is 0.521. The molecule has 2 aromatic carbocycles. The molecule has 0 radical (unpaired) electrons. The van der Waals surface area contributed by atoms with E-state index >= 15 is 0 Å². The maximum Gasteiger partial charge on any atom is 0.232 e. The van der Waals surface area contributed by atoms with Gasteiger partial charge >= 0.3 is 0 Å². The first-order valence-electron chi connectivity index (χ1n) is 6.73. The first-order chi connectivity index (χ1) is 10.2. The molecule has 1 unspecified atom stereocenters. The second-order valence-corrected chi connectivity index (χ2v) is 5.33. The average molecular weight is 303 g/mol. The molecule has 3 N–H and O–H groups in total. The predicted octanol–water partition coefficient (Wildman–Crippen LogP) is 3.43. The Morgan fingerprint density at radius 2 is 2.05 bits per heavy atom. The van der Waals surface area contributed by atoms with Crippen LogP contribution in [-0.2, 0) is 4.79 Å². The fourth-order valence-electron chi connectivity index (χ4n) is 2.50. The molecule has 1 aliphatic rings. The highest BCUT2D eigenvalue weighted by molar-refractivity contribution is 6.34. The van der Waals surface area contributed by atoms with Gasteiger partial charge in [-0.2, -0.15) is 0 Å². The van der Waals surface area contributed by atoms with Crippen molar-refractivity contribution in [1.29, 1.82) is 0 Å². The minimum Gasteiger partial charge on any atom is -0.493 e. The van der Waals surface area contributed by atoms with Gasteiger partial charge in [0.2, 0.25) is 5.91 Å². The van der Waals surface area contributed by atoms with Crippen molar-refractivity contribution < 1.29 is 9.53 Å². The molecule has 108 valence electrons. The Balaban J connectivity index is 1.87. The molecule has 0 saturated heterocycles. The van der Waals surface area contributed by atoms with Crippen molar-refractivity contribution in [1.82, 2.24) is 0 Å². The third kappa shape index (κ3) is 2.67. The van der Waals surface area contributed by atoms with Gasteiger partial charge < -0.3 is 15.8 Å². The van der Waals surface area contributed by atoms with Crippen molar-refractivity contribution in [2.24, 2.45) is 0 Å². The Morgan fingerprint density at radius 1 is 1.24 bits per heavy atom. The lowest BCUT2D eigenvalue weighted by atomic mass is 9.92. The third-order valence-corrected chi connectivity index (χ3v) is 3.88. The van der Waals surface area contributed by atoms with E-state index in [-0.39, 0.29) is 11.8 Å². The molecule has 1 atom stereocenters. The van der Waals surface area contributed by atoms with Crippen LogP contribution in [0.2, 0.25) is 5.02 Å². The van der Waals surface area contributed by atoms with E-state index in [0.29, 0.717) is 29.4 Å². The van der Waals surface area contributed by atoms with E-state index in [1.807, 2.05) is 24.3 Å². The number of nitrogens with two attached hydrogens (primary N) is 1. The Labute approximate surface area is 127 Å². The van der Waals surface area contributed by atoms with Crippen LogP contribution in [0.15, 0.2) is 42.5 Å². The van der Waals surface area contributed by atoms with Crippen LogP contribution in [-0.4, -0.2) is 12.5 Å². The molecule has 0 aromatic heterocycles. The lowest BCUT2D eigenvalue weighted by Crippen LogP contribution is -2.26. The Hall–Kier alpha value is -2.20. The molecular formula is C16H15ClN2O2. The van der Waals surface area contributed by atoms with Crippen LogP contribution in [0, 0.1) is 0 Å². The predicted molar refractivity (Wildman–Crippen MR) is 83.8 cm³/mol. The number of hydrogen-bond donors (Lipinski definition) is 2. The molecule has 1 aliphatic heterocycles. The molecule has 2 aromatic rings. The van der Waals surface area contributed by atoms with Gasteiger partial charge in [-0.1, -0.05) is 35.9 Å². The number of nitrogens with one attached hydrogen (secondary N) is 1. The molecule has 0 spiro atoms. The normalized spacial score (nSPS) is 16.7. The van der Waals surface area contributed by atoms with Gasteiger partial charge in [0.15, 0.2) is 0 Å². The zero-order chi connectivity index (χ0) is 14.8. The van der Waals surface area contributed by atoms with Crippen molar-refractivity contribution in [3.63, 3.8) is 0 Å². The maximum atomic E-state index is 12.6. The fraction of sp³-hybridized carbons (Fsp3) is 0.188. The van der Waals surface area contributed by atoms with Gasteiger partial charge in [-0.3, -0.25) is 4.79 Å². The van der Waals surface area contributed by atoms with Gasteiger partial charge in [0, 0.05) is 5.56 Å². The monoisotopic (exact) mass is 302 g/mol. The molecule has 0 bridgehead atoms. The SMILES string of the molecule is Nc1cccc(Cl)c1NC(=O)C1CCOc2ccccc21. The quantitative estimate of drug-likeness (QED) is 0.835. The lowest BCUT2D eigenvalue weighted by molar-refractivity contribution is -0.118. The van der Waals surface area contributed by atoms with Crippen LogP contribution in [0.4, 0.5) is 11.4 Å². The van der Waals surface area contributed by atoms with Gasteiger partial charge in [0.1, 0.15) is 5.75 Å². The number of nitrogen functional groups attached to an aromatic ring is 1. The smallest absolute Gasteiger partial charge is 0.232 e. The molecule has 0 fully saturated rings. The zero-order valence-electron chi connectivity index (χ0n) is 11.3. The number of para-hydroxylation sites is 2. The molecule has 21 heavy (non-hydrogen) atoms. The summed E-state index contributed by atoms with van der Waals surface area (Å²) >= 11 is 6.09. The number of fused-ring (bicyclic) bond motifs is 1. The molecule has 0 saturated carbocycles. The van der Waals surface area contributed by atoms with Crippen LogP contribution < -0.4 is 15.8 Å². The largest absolute Gasteiger partial charge is 0.493 e. The average Bonchev–Trinajstić information content (AvgIpc) is 2.50. The number of ether oxygens (including phenoxy) is 1. The summed E-state index contributed by atoms with van der Waals surface area (Å²) in [6, 6.07) is 12.7. The number of halogens is 1. The van der Waals surface area contributed by atoms with Gasteiger partial charge in [0.25, 0.3) is 0 Å². The Bertz CT molecular complexity index is 667. The summed E-state index contributed by atoms with van der Waals surface area (Å²) < 4.78 is 5.57. The number of carbonyl (C=O) groups excluding carboxylic acids is 1. The van der Waals surface area contributed by atoms with Crippen molar-refractivity contribution in [3.05, 3.63) is 53.1 Å². The molecule has 5 heteroatoms. The summed E-state index contributed by atoms with van der Waals surface area (Å²) in [7, 11) is 0. The van der Waals surface area contributed by atoms with E-state index in [2.05, 4.69) is 5.32 Å². The lowest BCUT2D eigenvalue weighted by Gasteiger charge is -2.25. The maximum absolute atomic E-state index is 12.6. The van der Waals surface area contributed by atoms with Crippen molar-refractivity contribution in [2.45, 2.75) is 12.3 Å². The van der Waals surface area contributed by atoms with Crippen LogP contribution in [0.25, 0.3) is 0 Å². The standard InChI is InChI=1S/C16H15ClN2O2/c17-12-5-3-6-13(18)15(12)19-16(20)11-8-9-21-14-7-2-1-4-10(11)14/h1-7,11H,8-9,18H2,(H,19,20). The Kier molecular flexibility index (Phi) is 3.71. The van der Waals surface area contributed by atoms with E-state index in [9.17, 15) is 4.79 Å². The highest BCUT2D eigenvalue weighted by Crippen LogP contribution is 2.35. The molecule has 0 aliphatic carbocycles. The second kappa shape index (κ2) is 5.66. The minimum atomic E-state index is -0.259. The summed E-state index contributed by atoms with van der Waals surface area (Å²) in [5.41, 5.74) is 7.69. The van der Waals surface area contributed by atoms with Crippen molar-refractivity contribution in [3.8, 4) is 5.75 Å². The van der Waals surface area contributed by atoms with Crippen LogP contribution in [0.1, 0.15) is 17.9 Å². The molecule has 3 rings (SSSR count). The minimum absolute atomic E-state index is 0.120. The van der Waals surface area contributed by atoms with E-state index in [1.54, 1.807) is 18.2 Å². The first-order valence-corrected chi connectivity index (χ1v) is 7.11. The number of anilines is 2. The summed E-state index contributed by atoms with van der Waals surface area (Å²) in [6.07, 6.45) is 0.632. The van der Waals surface area contributed by atoms with Crippen LogP contribution in [0.3, 0.4) is 0 Å². The second-order valence-electron chi connectivity index (χ2n) is 4.92. The number of rotatable bonds is 2. The topological polar surface area (TPSA) is 64.3 Å². The number of carbonyl (C=O) groups is 1. The summed E-state index contributed by atoms with van der Waals surface area (Å²) in [5, 5.41) is 3.27. The van der Waals surface area contributed by atoms with E-state index in [0.717, 1.165) is 11.3 Å². The third-order valence-electron chi connectivity index (χ3n) is 3.57. The number of benzene rings is 2. The van der Waals surface area contributed by atoms with Gasteiger partial charge in [-0.25, -0.2) is 0 Å². The van der Waals surface area contributed by atoms with Crippen molar-refractivity contribution >= 4 is 28.9 Å². The van der Waals surface area contributed by atoms with Crippen molar-refractivity contribution in [2.75, 3.05) is 17.7 Å². The summed E-state index contributed by atoms with van der Waals surface area (Å²) in [4.78, 5) is 12.6. The summed E-state index contributed by atoms with van der Waals surface area (Å²) in [5.74, 6) is 0.382. The van der Waals surface area contributed by atoms with E-state index in [4.69, 9.17) is 22.1 Å². The molecular weight excluding hydrogens is 288 g/mol. The van der Waals surface area contributed by atoms with Gasteiger partial charge in [-0.05, 0) is 24.6 Å². The zero-order valence-corrected chi connectivity index (χ0v) is 12.1. The fourth-order valence-corrected chi connectivity index (χ4v) is 2.73. The molecule has 4 nitrogen and oxygen atoms in total. The molecule has 1 heterocycles. The van der Waals surface area contributed by atoms with Gasteiger partial charge in [-0.15, -0.1) is 0 Å². The van der Waals surface area contributed by atoms with Crippen LogP contribution in [0.5, 0.6) is 5.75 Å².